The van der Waals surface area contributed by atoms with E-state index >= 15 is 0 Å². The second kappa shape index (κ2) is 6.14. The summed E-state index contributed by atoms with van der Waals surface area (Å²) in [7, 11) is -4.27. The Hall–Kier alpha value is -2.43. The first kappa shape index (κ1) is 17.4. The standard InChI is InChI=1S/C13H9Cl2N5O4S/c1-6-4-5-20-12(16-6)17-13(18-20)25(23,24)19-10-8(14)3-2-7(9(10)15)11(21)22/h2-5,19H,1H3,(H,21,22). The fourth-order valence-corrected chi connectivity index (χ4v) is 3.58. The number of hydrogen-bond acceptors (Lipinski definition) is 6. The third kappa shape index (κ3) is 3.23. The van der Waals surface area contributed by atoms with Crippen LogP contribution in [0, 0.1) is 6.92 Å². The zero-order valence-electron chi connectivity index (χ0n) is 12.4. The van der Waals surface area contributed by atoms with Gasteiger partial charge in [0.25, 0.3) is 21.0 Å². The van der Waals surface area contributed by atoms with E-state index in [0.717, 1.165) is 0 Å². The zero-order chi connectivity index (χ0) is 18.4. The van der Waals surface area contributed by atoms with E-state index in [1.54, 1.807) is 13.0 Å². The van der Waals surface area contributed by atoms with Gasteiger partial charge in [0.15, 0.2) is 0 Å². The van der Waals surface area contributed by atoms with Crippen LogP contribution < -0.4 is 4.72 Å². The number of anilines is 1. The van der Waals surface area contributed by atoms with Crippen LogP contribution in [0.15, 0.2) is 29.6 Å². The number of nitrogens with one attached hydrogen (secondary N) is 1. The van der Waals surface area contributed by atoms with E-state index in [1.807, 2.05) is 0 Å². The minimum absolute atomic E-state index is 0.0729. The highest BCUT2D eigenvalue weighted by atomic mass is 35.5. The van der Waals surface area contributed by atoms with E-state index < -0.39 is 21.1 Å². The zero-order valence-corrected chi connectivity index (χ0v) is 14.8. The van der Waals surface area contributed by atoms with Crippen LogP contribution in [0.5, 0.6) is 0 Å². The van der Waals surface area contributed by atoms with E-state index in [1.165, 1.54) is 22.8 Å². The van der Waals surface area contributed by atoms with Crippen molar-refractivity contribution in [1.82, 2.24) is 19.6 Å². The van der Waals surface area contributed by atoms with E-state index in [0.29, 0.717) is 5.69 Å². The van der Waals surface area contributed by atoms with Gasteiger partial charge in [-0.1, -0.05) is 23.2 Å². The highest BCUT2D eigenvalue weighted by molar-refractivity contribution is 7.92. The average molecular weight is 402 g/mol. The first-order valence-electron chi connectivity index (χ1n) is 6.63. The highest BCUT2D eigenvalue weighted by Crippen LogP contribution is 2.34. The molecular weight excluding hydrogens is 393 g/mol. The van der Waals surface area contributed by atoms with Crippen molar-refractivity contribution in [3.8, 4) is 0 Å². The summed E-state index contributed by atoms with van der Waals surface area (Å²) < 4.78 is 28.3. The largest absolute Gasteiger partial charge is 0.478 e. The van der Waals surface area contributed by atoms with Crippen molar-refractivity contribution >= 4 is 50.7 Å². The van der Waals surface area contributed by atoms with E-state index in [9.17, 15) is 13.2 Å². The number of nitrogens with zero attached hydrogens (tertiary/aromatic N) is 4. The second-order valence-corrected chi connectivity index (χ2v) is 7.26. The summed E-state index contributed by atoms with van der Waals surface area (Å²) >= 11 is 11.9. The summed E-state index contributed by atoms with van der Waals surface area (Å²) in [4.78, 5) is 19.0. The molecule has 0 fully saturated rings. The summed E-state index contributed by atoms with van der Waals surface area (Å²) in [5, 5.41) is 11.9. The number of fused-ring (bicyclic) bond motifs is 1. The maximum atomic E-state index is 12.5. The van der Waals surface area contributed by atoms with Crippen molar-refractivity contribution < 1.29 is 18.3 Å². The molecule has 12 heteroatoms. The topological polar surface area (TPSA) is 127 Å². The molecule has 0 atom stereocenters. The van der Waals surface area contributed by atoms with Gasteiger partial charge >= 0.3 is 5.97 Å². The molecule has 2 aromatic heterocycles. The van der Waals surface area contributed by atoms with Gasteiger partial charge in [-0.05, 0) is 25.1 Å². The molecular formula is C13H9Cl2N5O4S. The van der Waals surface area contributed by atoms with Gasteiger partial charge < -0.3 is 5.11 Å². The molecule has 0 saturated carbocycles. The Balaban J connectivity index is 2.07. The lowest BCUT2D eigenvalue weighted by molar-refractivity contribution is 0.0697. The number of sulfonamides is 1. The highest BCUT2D eigenvalue weighted by Gasteiger charge is 2.25. The van der Waals surface area contributed by atoms with E-state index in [-0.39, 0.29) is 27.1 Å². The molecule has 1 aromatic carbocycles. The molecule has 0 aliphatic carbocycles. The number of benzene rings is 1. The molecule has 3 rings (SSSR count). The van der Waals surface area contributed by atoms with Crippen LogP contribution in [0.3, 0.4) is 0 Å². The van der Waals surface area contributed by atoms with Crippen LogP contribution in [0.25, 0.3) is 5.78 Å². The molecule has 0 saturated heterocycles. The van der Waals surface area contributed by atoms with Gasteiger partial charge in [0, 0.05) is 11.9 Å². The van der Waals surface area contributed by atoms with Crippen LogP contribution in [0.4, 0.5) is 5.69 Å². The number of carboxylic acid groups (broad SMARTS) is 1. The Morgan fingerprint density at radius 2 is 1.96 bits per heavy atom. The Labute approximate surface area is 151 Å². The Kier molecular flexibility index (Phi) is 4.27. The summed E-state index contributed by atoms with van der Waals surface area (Å²) in [6, 6.07) is 4.02. The second-order valence-electron chi connectivity index (χ2n) is 4.90. The first-order valence-corrected chi connectivity index (χ1v) is 8.87. The quantitative estimate of drug-likeness (QED) is 0.685. The lowest BCUT2D eigenvalue weighted by Crippen LogP contribution is -2.16. The van der Waals surface area contributed by atoms with Gasteiger partial charge in [0.1, 0.15) is 0 Å². The Morgan fingerprint density at radius 1 is 1.24 bits per heavy atom. The third-order valence-corrected chi connectivity index (χ3v) is 4.96. The van der Waals surface area contributed by atoms with E-state index in [4.69, 9.17) is 28.3 Å². The van der Waals surface area contributed by atoms with Crippen molar-refractivity contribution in [1.29, 1.82) is 0 Å². The van der Waals surface area contributed by atoms with Crippen LogP contribution in [-0.4, -0.2) is 39.1 Å². The van der Waals surface area contributed by atoms with Gasteiger partial charge in [0.05, 0.1) is 21.3 Å². The van der Waals surface area contributed by atoms with Gasteiger partial charge in [0.2, 0.25) is 0 Å². The van der Waals surface area contributed by atoms with Gasteiger partial charge in [-0.25, -0.2) is 14.3 Å². The molecule has 130 valence electrons. The molecule has 0 radical (unpaired) electrons. The summed E-state index contributed by atoms with van der Waals surface area (Å²) in [6.45, 7) is 1.72. The lowest BCUT2D eigenvalue weighted by atomic mass is 10.2. The monoisotopic (exact) mass is 401 g/mol. The fraction of sp³-hybridized carbons (Fsp3) is 0.0769. The number of aromatic nitrogens is 4. The van der Waals surface area contributed by atoms with Crippen molar-refractivity contribution in [2.45, 2.75) is 12.1 Å². The summed E-state index contributed by atoms with van der Waals surface area (Å²) in [5.74, 6) is -1.23. The third-order valence-electron chi connectivity index (χ3n) is 3.13. The molecule has 0 aliphatic heterocycles. The maximum absolute atomic E-state index is 12.5. The van der Waals surface area contributed by atoms with Gasteiger partial charge in [-0.15, -0.1) is 5.10 Å². The summed E-state index contributed by atoms with van der Waals surface area (Å²) in [6.07, 6.45) is 1.51. The number of aryl methyl sites for hydroxylation is 1. The molecule has 3 aromatic rings. The molecule has 0 spiro atoms. The van der Waals surface area contributed by atoms with Crippen molar-refractivity contribution in [3.05, 3.63) is 45.7 Å². The maximum Gasteiger partial charge on any atom is 0.337 e. The molecule has 0 aliphatic rings. The van der Waals surface area contributed by atoms with Crippen molar-refractivity contribution in [2.75, 3.05) is 4.72 Å². The number of halogens is 2. The normalized spacial score (nSPS) is 11.6. The van der Waals surface area contributed by atoms with Crippen molar-refractivity contribution in [2.24, 2.45) is 0 Å². The van der Waals surface area contributed by atoms with Crippen molar-refractivity contribution in [3.63, 3.8) is 0 Å². The number of carbonyl (C=O) groups is 1. The first-order chi connectivity index (χ1) is 11.7. The number of rotatable bonds is 4. The SMILES string of the molecule is Cc1ccn2nc(S(=O)(=O)Nc3c(Cl)ccc(C(=O)O)c3Cl)nc2n1. The van der Waals surface area contributed by atoms with Crippen LogP contribution >= 0.6 is 23.2 Å². The van der Waals surface area contributed by atoms with Gasteiger partial charge in [-0.3, -0.25) is 4.72 Å². The van der Waals surface area contributed by atoms with Crippen LogP contribution in [-0.2, 0) is 10.0 Å². The molecule has 0 unspecified atom stereocenters. The van der Waals surface area contributed by atoms with E-state index in [2.05, 4.69) is 19.8 Å². The number of carboxylic acids is 1. The molecule has 0 bridgehead atoms. The molecule has 2 N–H and O–H groups in total. The predicted octanol–water partition coefficient (Wildman–Crippen LogP) is 2.24. The molecule has 0 amide bonds. The number of aromatic carboxylic acids is 1. The number of hydrogen-bond donors (Lipinski definition) is 2. The Morgan fingerprint density at radius 3 is 2.64 bits per heavy atom. The fourth-order valence-electron chi connectivity index (χ4n) is 1.95. The average Bonchev–Trinajstić information content (AvgIpc) is 2.95. The minimum Gasteiger partial charge on any atom is -0.478 e. The lowest BCUT2D eigenvalue weighted by Gasteiger charge is -2.10. The molecule has 25 heavy (non-hydrogen) atoms. The minimum atomic E-state index is -4.27. The Bertz CT molecular complexity index is 1110. The van der Waals surface area contributed by atoms with Crippen LogP contribution in [0.2, 0.25) is 10.0 Å². The molecule has 2 heterocycles. The summed E-state index contributed by atoms with van der Waals surface area (Å²) in [5.41, 5.74) is 0.0623. The van der Waals surface area contributed by atoms with Gasteiger partial charge in [-0.2, -0.15) is 13.4 Å². The molecule has 9 nitrogen and oxygen atoms in total. The predicted molar refractivity (Wildman–Crippen MR) is 89.7 cm³/mol. The smallest absolute Gasteiger partial charge is 0.337 e. The van der Waals surface area contributed by atoms with Crippen LogP contribution in [0.1, 0.15) is 16.1 Å².